The Morgan fingerprint density at radius 3 is 1.64 bits per heavy atom. The van der Waals surface area contributed by atoms with Crippen LogP contribution in [0.3, 0.4) is 0 Å². The molecular weight excluding hydrogens is 446 g/mol. The summed E-state index contributed by atoms with van der Waals surface area (Å²) in [5.41, 5.74) is 3.15. The molecule has 0 unspecified atom stereocenters. The van der Waals surface area contributed by atoms with Gasteiger partial charge in [-0.05, 0) is 29.2 Å². The Morgan fingerprint density at radius 2 is 1.19 bits per heavy atom. The van der Waals surface area contributed by atoms with E-state index in [1.54, 1.807) is 4.90 Å². The van der Waals surface area contributed by atoms with Crippen molar-refractivity contribution in [1.82, 2.24) is 4.90 Å². The third kappa shape index (κ3) is 4.46. The van der Waals surface area contributed by atoms with Crippen molar-refractivity contribution in [3.8, 4) is 0 Å². The fourth-order valence-corrected chi connectivity index (χ4v) is 5.22. The number of rotatable bonds is 8. The van der Waals surface area contributed by atoms with Crippen molar-refractivity contribution >= 4 is 5.91 Å². The van der Waals surface area contributed by atoms with Crippen molar-refractivity contribution < 1.29 is 14.6 Å². The largest absolute Gasteiger partial charge is 0.383 e. The van der Waals surface area contributed by atoms with Crippen LogP contribution in [0.5, 0.6) is 0 Å². The highest BCUT2D eigenvalue weighted by molar-refractivity contribution is 5.83. The van der Waals surface area contributed by atoms with Crippen LogP contribution in [-0.4, -0.2) is 35.2 Å². The molecule has 0 aromatic heterocycles. The van der Waals surface area contributed by atoms with Gasteiger partial charge in [-0.25, -0.2) is 0 Å². The Morgan fingerprint density at radius 1 is 0.778 bits per heavy atom. The molecule has 1 heterocycles. The van der Waals surface area contributed by atoms with Crippen molar-refractivity contribution in [2.24, 2.45) is 5.92 Å². The predicted molar refractivity (Wildman–Crippen MR) is 141 cm³/mol. The lowest BCUT2D eigenvalue weighted by Crippen LogP contribution is -2.37. The lowest BCUT2D eigenvalue weighted by Gasteiger charge is -2.37. The van der Waals surface area contributed by atoms with Gasteiger partial charge in [0.05, 0.1) is 12.6 Å². The second kappa shape index (κ2) is 10.5. The summed E-state index contributed by atoms with van der Waals surface area (Å²) < 4.78 is 6.89. The van der Waals surface area contributed by atoms with E-state index in [4.69, 9.17) is 4.74 Å². The van der Waals surface area contributed by atoms with Gasteiger partial charge in [0.15, 0.2) is 0 Å². The van der Waals surface area contributed by atoms with Crippen LogP contribution < -0.4 is 0 Å². The molecule has 0 saturated carbocycles. The van der Waals surface area contributed by atoms with E-state index < -0.39 is 11.7 Å². The fraction of sp³-hybridized carbons (Fsp3) is 0.219. The van der Waals surface area contributed by atoms with Crippen molar-refractivity contribution in [3.63, 3.8) is 0 Å². The van der Waals surface area contributed by atoms with Crippen LogP contribution in [0, 0.1) is 5.92 Å². The Kier molecular flexibility index (Phi) is 6.99. The van der Waals surface area contributed by atoms with Crippen molar-refractivity contribution in [3.05, 3.63) is 144 Å². The molecule has 0 aliphatic carbocycles. The fourth-order valence-electron chi connectivity index (χ4n) is 5.22. The average molecular weight is 478 g/mol. The standard InChI is InChI=1S/C32H31NO3/c1-24(25-14-6-2-7-15-25)33-22-26(30(34)31(33)35)23-36-32(27-16-8-3-9-17-27,28-18-10-4-11-19-28)29-20-12-5-13-21-29/h2-21,24,26,30,34H,22-23H2,1H3/t24-,26+,30+/m0/s1. The first-order valence-electron chi connectivity index (χ1n) is 12.5. The average Bonchev–Trinajstić information content (AvgIpc) is 3.24. The highest BCUT2D eigenvalue weighted by Crippen LogP contribution is 2.41. The summed E-state index contributed by atoms with van der Waals surface area (Å²) in [5.74, 6) is -0.594. The summed E-state index contributed by atoms with van der Waals surface area (Å²) in [6, 6.07) is 40.3. The topological polar surface area (TPSA) is 49.8 Å². The quantitative estimate of drug-likeness (QED) is 0.337. The summed E-state index contributed by atoms with van der Waals surface area (Å²) in [5, 5.41) is 11.0. The molecule has 1 fully saturated rings. The smallest absolute Gasteiger partial charge is 0.252 e. The minimum atomic E-state index is -1.10. The van der Waals surface area contributed by atoms with Gasteiger partial charge in [0, 0.05) is 12.5 Å². The molecule has 182 valence electrons. The molecule has 0 spiro atoms. The van der Waals surface area contributed by atoms with Crippen LogP contribution in [-0.2, 0) is 15.1 Å². The van der Waals surface area contributed by atoms with Crippen LogP contribution >= 0.6 is 0 Å². The molecule has 0 radical (unpaired) electrons. The molecule has 1 N–H and O–H groups in total. The monoisotopic (exact) mass is 477 g/mol. The van der Waals surface area contributed by atoms with Gasteiger partial charge >= 0.3 is 0 Å². The first kappa shape index (κ1) is 24.0. The number of nitrogens with zero attached hydrogens (tertiary/aromatic N) is 1. The summed E-state index contributed by atoms with van der Waals surface area (Å²) in [4.78, 5) is 14.9. The number of carbonyl (C=O) groups is 1. The van der Waals surface area contributed by atoms with Gasteiger partial charge in [-0.1, -0.05) is 121 Å². The molecule has 5 rings (SSSR count). The molecule has 1 saturated heterocycles. The minimum Gasteiger partial charge on any atom is -0.383 e. The Balaban J connectivity index is 1.49. The molecule has 4 aromatic rings. The number of benzene rings is 4. The summed E-state index contributed by atoms with van der Waals surface area (Å²) in [7, 11) is 0. The highest BCUT2D eigenvalue weighted by atomic mass is 16.5. The van der Waals surface area contributed by atoms with Gasteiger partial charge in [0.1, 0.15) is 11.7 Å². The van der Waals surface area contributed by atoms with Crippen molar-refractivity contribution in [2.45, 2.75) is 24.7 Å². The first-order chi connectivity index (χ1) is 17.6. The zero-order valence-electron chi connectivity index (χ0n) is 20.4. The first-order valence-corrected chi connectivity index (χ1v) is 12.5. The Labute approximate surface area is 212 Å². The maximum absolute atomic E-state index is 13.1. The molecule has 36 heavy (non-hydrogen) atoms. The van der Waals surface area contributed by atoms with E-state index in [9.17, 15) is 9.90 Å². The van der Waals surface area contributed by atoms with E-state index in [1.165, 1.54) is 0 Å². The molecule has 1 aliphatic rings. The van der Waals surface area contributed by atoms with Crippen LogP contribution in [0.15, 0.2) is 121 Å². The lowest BCUT2D eigenvalue weighted by molar-refractivity contribution is -0.137. The number of aliphatic hydroxyl groups is 1. The van der Waals surface area contributed by atoms with Gasteiger partial charge in [0.2, 0.25) is 0 Å². The van der Waals surface area contributed by atoms with Crippen LogP contribution in [0.25, 0.3) is 0 Å². The van der Waals surface area contributed by atoms with Gasteiger partial charge in [0.25, 0.3) is 5.91 Å². The summed E-state index contributed by atoms with van der Waals surface area (Å²) in [6.45, 7) is 2.67. The van der Waals surface area contributed by atoms with Gasteiger partial charge < -0.3 is 14.7 Å². The number of amides is 1. The Bertz CT molecular complexity index is 1170. The summed E-state index contributed by atoms with van der Waals surface area (Å²) in [6.07, 6.45) is -1.10. The van der Waals surface area contributed by atoms with Gasteiger partial charge in [-0.2, -0.15) is 0 Å². The van der Waals surface area contributed by atoms with E-state index in [-0.39, 0.29) is 24.5 Å². The highest BCUT2D eigenvalue weighted by Gasteiger charge is 2.44. The lowest BCUT2D eigenvalue weighted by atomic mass is 9.80. The van der Waals surface area contributed by atoms with Crippen LogP contribution in [0.4, 0.5) is 0 Å². The molecule has 4 aromatic carbocycles. The maximum atomic E-state index is 13.1. The van der Waals surface area contributed by atoms with Crippen molar-refractivity contribution in [1.29, 1.82) is 0 Å². The van der Waals surface area contributed by atoms with Crippen LogP contribution in [0.2, 0.25) is 0 Å². The number of ether oxygens (including phenoxy) is 1. The summed E-state index contributed by atoms with van der Waals surface area (Å²) >= 11 is 0. The number of carbonyl (C=O) groups excluding carboxylic acids is 1. The number of likely N-dealkylation sites (tertiary alicyclic amines) is 1. The normalized spacial score (nSPS) is 18.8. The molecule has 4 nitrogen and oxygen atoms in total. The van der Waals surface area contributed by atoms with Crippen molar-refractivity contribution in [2.75, 3.05) is 13.2 Å². The zero-order valence-corrected chi connectivity index (χ0v) is 20.4. The zero-order chi connectivity index (χ0) is 25.0. The molecule has 1 amide bonds. The van der Waals surface area contributed by atoms with E-state index in [0.717, 1.165) is 22.3 Å². The SMILES string of the molecule is C[C@@H](c1ccccc1)N1C[C@H](COC(c2ccccc2)(c2ccccc2)c2ccccc2)[C@@H](O)C1=O. The van der Waals surface area contributed by atoms with E-state index >= 15 is 0 Å². The van der Waals surface area contributed by atoms with E-state index in [2.05, 4.69) is 36.4 Å². The van der Waals surface area contributed by atoms with E-state index in [0.29, 0.717) is 6.54 Å². The maximum Gasteiger partial charge on any atom is 0.252 e. The van der Waals surface area contributed by atoms with Gasteiger partial charge in [-0.3, -0.25) is 4.79 Å². The third-order valence-electron chi connectivity index (χ3n) is 7.22. The van der Waals surface area contributed by atoms with E-state index in [1.807, 2.05) is 91.9 Å². The molecule has 1 aliphatic heterocycles. The molecule has 4 heteroatoms. The molecule has 3 atom stereocenters. The molecule has 0 bridgehead atoms. The Hall–Kier alpha value is -3.73. The molecular formula is C32H31NO3. The number of hydrogen-bond acceptors (Lipinski definition) is 3. The number of hydrogen-bond donors (Lipinski definition) is 1. The second-order valence-corrected chi connectivity index (χ2v) is 9.37. The van der Waals surface area contributed by atoms with Gasteiger partial charge in [-0.15, -0.1) is 0 Å². The van der Waals surface area contributed by atoms with Crippen LogP contribution in [0.1, 0.15) is 35.2 Å². The second-order valence-electron chi connectivity index (χ2n) is 9.37. The minimum absolute atomic E-state index is 0.125. The predicted octanol–water partition coefficient (Wildman–Crippen LogP) is 5.58. The number of aliphatic hydroxyl groups excluding tert-OH is 1. The third-order valence-corrected chi connectivity index (χ3v) is 7.22.